The number of rotatable bonds is 2. The summed E-state index contributed by atoms with van der Waals surface area (Å²) in [6.07, 6.45) is -0.294. The third-order valence-electron chi connectivity index (χ3n) is 2.56. The molecule has 1 rings (SSSR count). The monoisotopic (exact) mass is 258 g/mol. The molecule has 0 radical (unpaired) electrons. The molecule has 0 fully saturated rings. The molecule has 0 heterocycles. The highest BCUT2D eigenvalue weighted by Crippen LogP contribution is 2.42. The van der Waals surface area contributed by atoms with Crippen LogP contribution in [0.2, 0.25) is 0 Å². The van der Waals surface area contributed by atoms with Crippen molar-refractivity contribution in [3.8, 4) is 5.75 Å². The number of aromatic hydroxyl groups is 1. The maximum absolute atomic E-state index is 11.0. The Morgan fingerprint density at radius 1 is 1.24 bits per heavy atom. The van der Waals surface area contributed by atoms with Gasteiger partial charge < -0.3 is 14.9 Å². The summed E-state index contributed by atoms with van der Waals surface area (Å²) in [5.74, 6) is 0.201. The number of benzene rings is 1. The predicted octanol–water partition coefficient (Wildman–Crippen LogP) is 2.68. The Kier molecular flexibility index (Phi) is 3.72. The van der Waals surface area contributed by atoms with Crippen molar-refractivity contribution in [2.75, 3.05) is 0 Å². The lowest BCUT2D eigenvalue weighted by Gasteiger charge is -2.22. The summed E-state index contributed by atoms with van der Waals surface area (Å²) in [7, 11) is -4.08. The Balaban J connectivity index is 3.30. The molecule has 0 unspecified atom stereocenters. The van der Waals surface area contributed by atoms with E-state index in [0.717, 1.165) is 0 Å². The SMILES string of the molecule is Cc1cc(CP(=O)(O)O)cc(C(C)(C)C)c1O. The number of hydrogen-bond donors (Lipinski definition) is 3. The van der Waals surface area contributed by atoms with E-state index in [0.29, 0.717) is 16.7 Å². The molecule has 0 aliphatic heterocycles. The first kappa shape index (κ1) is 14.2. The molecule has 1 aromatic rings. The zero-order valence-corrected chi connectivity index (χ0v) is 11.5. The highest BCUT2D eigenvalue weighted by molar-refractivity contribution is 7.50. The molecule has 4 nitrogen and oxygen atoms in total. The second kappa shape index (κ2) is 4.45. The van der Waals surface area contributed by atoms with Crippen LogP contribution in [0.1, 0.15) is 37.5 Å². The van der Waals surface area contributed by atoms with Crippen molar-refractivity contribution in [3.63, 3.8) is 0 Å². The van der Waals surface area contributed by atoms with E-state index in [4.69, 9.17) is 9.79 Å². The minimum absolute atomic E-state index is 0.201. The van der Waals surface area contributed by atoms with Crippen LogP contribution in [0.25, 0.3) is 0 Å². The second-order valence-corrected chi connectivity index (χ2v) is 7.03. The summed E-state index contributed by atoms with van der Waals surface area (Å²) in [4.78, 5) is 17.9. The quantitative estimate of drug-likeness (QED) is 0.713. The van der Waals surface area contributed by atoms with E-state index in [1.807, 2.05) is 20.8 Å². The van der Waals surface area contributed by atoms with Crippen LogP contribution < -0.4 is 0 Å². The van der Waals surface area contributed by atoms with Gasteiger partial charge in [-0.2, -0.15) is 0 Å². The van der Waals surface area contributed by atoms with Crippen LogP contribution in [0.3, 0.4) is 0 Å². The molecule has 0 saturated carbocycles. The van der Waals surface area contributed by atoms with Gasteiger partial charge in [-0.05, 0) is 29.0 Å². The molecular formula is C12H19O4P. The summed E-state index contributed by atoms with van der Waals surface area (Å²) in [5, 5.41) is 9.96. The van der Waals surface area contributed by atoms with Gasteiger partial charge in [0.05, 0.1) is 6.16 Å². The molecule has 0 amide bonds. The summed E-state index contributed by atoms with van der Waals surface area (Å²) < 4.78 is 11.0. The molecule has 1 aromatic carbocycles. The highest BCUT2D eigenvalue weighted by atomic mass is 31.2. The highest BCUT2D eigenvalue weighted by Gasteiger charge is 2.22. The van der Waals surface area contributed by atoms with Crippen LogP contribution >= 0.6 is 7.60 Å². The molecule has 0 aliphatic carbocycles. The van der Waals surface area contributed by atoms with E-state index >= 15 is 0 Å². The first-order valence-corrected chi connectivity index (χ1v) is 7.18. The van der Waals surface area contributed by atoms with Gasteiger partial charge in [-0.15, -0.1) is 0 Å². The Bertz CT molecular complexity index is 468. The van der Waals surface area contributed by atoms with Crippen molar-refractivity contribution in [1.29, 1.82) is 0 Å². The van der Waals surface area contributed by atoms with E-state index in [2.05, 4.69) is 0 Å². The van der Waals surface area contributed by atoms with Gasteiger partial charge in [0.25, 0.3) is 0 Å². The molecule has 96 valence electrons. The zero-order valence-electron chi connectivity index (χ0n) is 10.6. The summed E-state index contributed by atoms with van der Waals surface area (Å²) in [6, 6.07) is 3.28. The first-order valence-electron chi connectivity index (χ1n) is 5.38. The van der Waals surface area contributed by atoms with Crippen LogP contribution in [0.15, 0.2) is 12.1 Å². The second-order valence-electron chi connectivity index (χ2n) is 5.38. The molecule has 0 aromatic heterocycles. The van der Waals surface area contributed by atoms with Gasteiger partial charge in [-0.25, -0.2) is 0 Å². The van der Waals surface area contributed by atoms with E-state index < -0.39 is 7.60 Å². The molecule has 3 N–H and O–H groups in total. The fourth-order valence-electron chi connectivity index (χ4n) is 1.76. The molecule has 0 spiro atoms. The van der Waals surface area contributed by atoms with Crippen molar-refractivity contribution < 1.29 is 19.5 Å². The normalized spacial score (nSPS) is 12.8. The Labute approximate surface area is 101 Å². The number of phenolic OH excluding ortho intramolecular Hbond substituents is 1. The standard InChI is InChI=1S/C12H19O4P/c1-8-5-9(7-17(14,15)16)6-10(11(8)13)12(2,3)4/h5-6,13H,7H2,1-4H3,(H2,14,15,16). The van der Waals surface area contributed by atoms with Crippen molar-refractivity contribution in [2.24, 2.45) is 0 Å². The van der Waals surface area contributed by atoms with Gasteiger partial charge in [0.15, 0.2) is 0 Å². The zero-order chi connectivity index (χ0) is 13.4. The van der Waals surface area contributed by atoms with Crippen molar-refractivity contribution in [2.45, 2.75) is 39.3 Å². The number of phenols is 1. The predicted molar refractivity (Wildman–Crippen MR) is 67.3 cm³/mol. The van der Waals surface area contributed by atoms with Gasteiger partial charge in [-0.1, -0.05) is 32.9 Å². The lowest BCUT2D eigenvalue weighted by atomic mass is 9.84. The molecule has 0 saturated heterocycles. The Hall–Kier alpha value is -0.830. The molecule has 17 heavy (non-hydrogen) atoms. The minimum atomic E-state index is -4.08. The largest absolute Gasteiger partial charge is 0.507 e. The number of aryl methyl sites for hydroxylation is 1. The van der Waals surface area contributed by atoms with Gasteiger partial charge in [0, 0.05) is 0 Å². The minimum Gasteiger partial charge on any atom is -0.507 e. The van der Waals surface area contributed by atoms with Gasteiger partial charge in [0.2, 0.25) is 0 Å². The molecule has 5 heteroatoms. The maximum atomic E-state index is 11.0. The number of hydrogen-bond acceptors (Lipinski definition) is 2. The van der Waals surface area contributed by atoms with Crippen LogP contribution in [0.4, 0.5) is 0 Å². The fraction of sp³-hybridized carbons (Fsp3) is 0.500. The molecule has 0 aliphatic rings. The van der Waals surface area contributed by atoms with E-state index in [-0.39, 0.29) is 17.3 Å². The van der Waals surface area contributed by atoms with Crippen LogP contribution in [0, 0.1) is 6.92 Å². The summed E-state index contributed by atoms with van der Waals surface area (Å²) in [5.41, 5.74) is 1.64. The van der Waals surface area contributed by atoms with Gasteiger partial charge >= 0.3 is 7.60 Å². The Morgan fingerprint density at radius 2 is 1.76 bits per heavy atom. The summed E-state index contributed by atoms with van der Waals surface area (Å²) in [6.45, 7) is 7.57. The van der Waals surface area contributed by atoms with Crippen LogP contribution in [0.5, 0.6) is 5.75 Å². The van der Waals surface area contributed by atoms with Crippen molar-refractivity contribution in [3.05, 3.63) is 28.8 Å². The fourth-order valence-corrected chi connectivity index (χ4v) is 2.41. The maximum Gasteiger partial charge on any atom is 0.329 e. The van der Waals surface area contributed by atoms with Gasteiger partial charge in [-0.3, -0.25) is 4.57 Å². The molecular weight excluding hydrogens is 239 g/mol. The molecule has 0 atom stereocenters. The average Bonchev–Trinajstić information content (AvgIpc) is 2.06. The van der Waals surface area contributed by atoms with Crippen LogP contribution in [-0.4, -0.2) is 14.9 Å². The van der Waals surface area contributed by atoms with E-state index in [9.17, 15) is 9.67 Å². The smallest absolute Gasteiger partial charge is 0.329 e. The van der Waals surface area contributed by atoms with Crippen molar-refractivity contribution >= 4 is 7.60 Å². The van der Waals surface area contributed by atoms with Crippen molar-refractivity contribution in [1.82, 2.24) is 0 Å². The third-order valence-corrected chi connectivity index (χ3v) is 3.33. The van der Waals surface area contributed by atoms with Crippen LogP contribution in [-0.2, 0) is 16.1 Å². The summed E-state index contributed by atoms with van der Waals surface area (Å²) >= 11 is 0. The molecule has 0 bridgehead atoms. The first-order chi connectivity index (χ1) is 7.50. The lowest BCUT2D eigenvalue weighted by Crippen LogP contribution is -2.12. The lowest BCUT2D eigenvalue weighted by molar-refractivity contribution is 0.371. The van der Waals surface area contributed by atoms with Gasteiger partial charge in [0.1, 0.15) is 5.75 Å². The van der Waals surface area contributed by atoms with E-state index in [1.165, 1.54) is 0 Å². The Morgan fingerprint density at radius 3 is 2.18 bits per heavy atom. The third kappa shape index (κ3) is 3.84. The van der Waals surface area contributed by atoms with E-state index in [1.54, 1.807) is 19.1 Å². The average molecular weight is 258 g/mol. The topological polar surface area (TPSA) is 77.8 Å².